The molecule has 0 aliphatic rings. The van der Waals surface area contributed by atoms with Gasteiger partial charge in [-0.05, 0) is 46.3 Å². The van der Waals surface area contributed by atoms with Crippen LogP contribution in [-0.2, 0) is 10.0 Å². The lowest BCUT2D eigenvalue weighted by molar-refractivity contribution is 0.0697. The van der Waals surface area contributed by atoms with E-state index in [-0.39, 0.29) is 21.2 Å². The van der Waals surface area contributed by atoms with E-state index in [2.05, 4.69) is 25.6 Å². The van der Waals surface area contributed by atoms with Crippen LogP contribution in [0.25, 0.3) is 0 Å². The number of aromatic nitrogens is 1. The highest BCUT2D eigenvalue weighted by atomic mass is 79.9. The molecular weight excluding hydrogens is 384 g/mol. The summed E-state index contributed by atoms with van der Waals surface area (Å²) in [5.41, 5.74) is 0.0918. The lowest BCUT2D eigenvalue weighted by atomic mass is 10.2. The number of hydrogen-bond donors (Lipinski definition) is 2. The molecule has 6 nitrogen and oxygen atoms in total. The molecule has 0 unspecified atom stereocenters. The van der Waals surface area contributed by atoms with Crippen LogP contribution in [0.2, 0.25) is 5.02 Å². The number of anilines is 1. The van der Waals surface area contributed by atoms with E-state index in [4.69, 9.17) is 16.7 Å². The second kappa shape index (κ2) is 6.00. The molecule has 0 aliphatic heterocycles. The van der Waals surface area contributed by atoms with Gasteiger partial charge in [-0.3, -0.25) is 4.72 Å². The summed E-state index contributed by atoms with van der Waals surface area (Å²) >= 11 is 8.89. The Morgan fingerprint density at radius 2 is 2.05 bits per heavy atom. The predicted octanol–water partition coefficient (Wildman–Crippen LogP) is 3.00. The van der Waals surface area contributed by atoms with Crippen molar-refractivity contribution < 1.29 is 18.3 Å². The minimum atomic E-state index is -3.90. The van der Waals surface area contributed by atoms with Gasteiger partial charge < -0.3 is 5.11 Å². The second-order valence-corrected chi connectivity index (χ2v) is 6.73. The van der Waals surface area contributed by atoms with E-state index in [1.807, 2.05) is 0 Å². The molecule has 0 saturated carbocycles. The standard InChI is InChI=1S/C12H8BrClN2O4S/c13-11-10(2-1-5-15-11)16-21(19,20)7-3-4-8(12(17)18)9(14)6-7/h1-6,16H,(H,17,18). The zero-order valence-electron chi connectivity index (χ0n) is 10.2. The number of carbonyl (C=O) groups is 1. The van der Waals surface area contributed by atoms with Crippen molar-refractivity contribution in [3.05, 3.63) is 51.7 Å². The first kappa shape index (κ1) is 15.7. The van der Waals surface area contributed by atoms with Crippen molar-refractivity contribution in [3.8, 4) is 0 Å². The highest BCUT2D eigenvalue weighted by Gasteiger charge is 2.19. The van der Waals surface area contributed by atoms with Crippen molar-refractivity contribution >= 4 is 49.2 Å². The number of nitrogens with zero attached hydrogens (tertiary/aromatic N) is 1. The summed E-state index contributed by atoms with van der Waals surface area (Å²) in [5.74, 6) is -1.23. The summed E-state index contributed by atoms with van der Waals surface area (Å²) in [5, 5.41) is 8.71. The van der Waals surface area contributed by atoms with Crippen molar-refractivity contribution in [1.82, 2.24) is 4.98 Å². The Morgan fingerprint density at radius 1 is 1.33 bits per heavy atom. The summed E-state index contributed by atoms with van der Waals surface area (Å²) in [4.78, 5) is 14.6. The Bertz CT molecular complexity index is 811. The third-order valence-corrected chi connectivity index (χ3v) is 4.79. The van der Waals surface area contributed by atoms with Crippen molar-refractivity contribution in [2.75, 3.05) is 4.72 Å². The summed E-state index contributed by atoms with van der Waals surface area (Å²) in [6.45, 7) is 0. The third kappa shape index (κ3) is 3.52. The van der Waals surface area contributed by atoms with Crippen LogP contribution in [0.5, 0.6) is 0 Å². The van der Waals surface area contributed by atoms with E-state index in [0.29, 0.717) is 4.60 Å². The highest BCUT2D eigenvalue weighted by molar-refractivity contribution is 9.10. The molecule has 0 aliphatic carbocycles. The Balaban J connectivity index is 2.39. The number of halogens is 2. The lowest BCUT2D eigenvalue weighted by Crippen LogP contribution is -2.14. The van der Waals surface area contributed by atoms with Gasteiger partial charge in [0.05, 0.1) is 21.2 Å². The van der Waals surface area contributed by atoms with Crippen molar-refractivity contribution in [3.63, 3.8) is 0 Å². The van der Waals surface area contributed by atoms with Crippen LogP contribution in [0, 0.1) is 0 Å². The Labute approximate surface area is 134 Å². The van der Waals surface area contributed by atoms with Crippen LogP contribution in [0.15, 0.2) is 46.0 Å². The fourth-order valence-corrected chi connectivity index (χ4v) is 3.40. The molecular formula is C12H8BrClN2O4S. The van der Waals surface area contributed by atoms with Crippen molar-refractivity contribution in [1.29, 1.82) is 0 Å². The van der Waals surface area contributed by atoms with Crippen LogP contribution in [-0.4, -0.2) is 24.5 Å². The number of pyridine rings is 1. The third-order valence-electron chi connectivity index (χ3n) is 2.48. The molecule has 2 N–H and O–H groups in total. The van der Waals surface area contributed by atoms with Crippen LogP contribution >= 0.6 is 27.5 Å². The van der Waals surface area contributed by atoms with E-state index in [1.165, 1.54) is 18.3 Å². The molecule has 0 amide bonds. The molecule has 0 bridgehead atoms. The molecule has 0 saturated heterocycles. The first-order valence-corrected chi connectivity index (χ1v) is 8.13. The van der Waals surface area contributed by atoms with Crippen molar-refractivity contribution in [2.45, 2.75) is 4.90 Å². The highest BCUT2D eigenvalue weighted by Crippen LogP contribution is 2.25. The SMILES string of the molecule is O=C(O)c1ccc(S(=O)(=O)Nc2cccnc2Br)cc1Cl. The summed E-state index contributed by atoms with van der Waals surface area (Å²) in [6.07, 6.45) is 1.50. The first-order valence-electron chi connectivity index (χ1n) is 5.47. The normalized spacial score (nSPS) is 11.1. The van der Waals surface area contributed by atoms with Gasteiger partial charge in [-0.1, -0.05) is 11.6 Å². The van der Waals surface area contributed by atoms with Crippen LogP contribution in [0.4, 0.5) is 5.69 Å². The van der Waals surface area contributed by atoms with E-state index in [9.17, 15) is 13.2 Å². The number of nitrogens with one attached hydrogen (secondary N) is 1. The number of sulfonamides is 1. The van der Waals surface area contributed by atoms with Gasteiger partial charge in [0.25, 0.3) is 10.0 Å². The molecule has 110 valence electrons. The fraction of sp³-hybridized carbons (Fsp3) is 0. The summed E-state index contributed by atoms with van der Waals surface area (Å²) in [6, 6.07) is 6.49. The topological polar surface area (TPSA) is 96.4 Å². The molecule has 0 spiro atoms. The predicted molar refractivity (Wildman–Crippen MR) is 81.2 cm³/mol. The molecule has 21 heavy (non-hydrogen) atoms. The number of rotatable bonds is 4. The van der Waals surface area contributed by atoms with Crippen LogP contribution in [0.1, 0.15) is 10.4 Å². The first-order chi connectivity index (χ1) is 9.81. The van der Waals surface area contributed by atoms with Crippen molar-refractivity contribution in [2.24, 2.45) is 0 Å². The van der Waals surface area contributed by atoms with Crippen LogP contribution < -0.4 is 4.72 Å². The van der Waals surface area contributed by atoms with Gasteiger partial charge in [0.15, 0.2) is 0 Å². The van der Waals surface area contributed by atoms with Gasteiger partial charge in [0.2, 0.25) is 0 Å². The summed E-state index contributed by atoms with van der Waals surface area (Å²) in [7, 11) is -3.90. The van der Waals surface area contributed by atoms with Gasteiger partial charge in [0, 0.05) is 6.20 Å². The zero-order chi connectivity index (χ0) is 15.6. The number of carboxylic acid groups (broad SMARTS) is 1. The van der Waals surface area contributed by atoms with Gasteiger partial charge >= 0.3 is 5.97 Å². The molecule has 1 aromatic heterocycles. The smallest absolute Gasteiger partial charge is 0.337 e. The molecule has 2 aromatic rings. The van der Waals surface area contributed by atoms with Crippen LogP contribution in [0.3, 0.4) is 0 Å². The minimum Gasteiger partial charge on any atom is -0.478 e. The fourth-order valence-electron chi connectivity index (χ4n) is 1.50. The number of hydrogen-bond acceptors (Lipinski definition) is 4. The maximum atomic E-state index is 12.2. The van der Waals surface area contributed by atoms with Gasteiger partial charge in [0.1, 0.15) is 4.60 Å². The number of carboxylic acids is 1. The molecule has 1 heterocycles. The molecule has 1 aromatic carbocycles. The van der Waals surface area contributed by atoms with E-state index in [1.54, 1.807) is 6.07 Å². The largest absolute Gasteiger partial charge is 0.478 e. The average Bonchev–Trinajstić information content (AvgIpc) is 2.40. The molecule has 0 atom stereocenters. The van der Waals surface area contributed by atoms with Gasteiger partial charge in [-0.15, -0.1) is 0 Å². The van der Waals surface area contributed by atoms with E-state index in [0.717, 1.165) is 12.1 Å². The quantitative estimate of drug-likeness (QED) is 0.781. The van der Waals surface area contributed by atoms with E-state index >= 15 is 0 Å². The Hall–Kier alpha value is -1.64. The summed E-state index contributed by atoms with van der Waals surface area (Å²) < 4.78 is 27.1. The Kier molecular flexibility index (Phi) is 4.50. The molecule has 2 rings (SSSR count). The lowest BCUT2D eigenvalue weighted by Gasteiger charge is -2.10. The minimum absolute atomic E-state index is 0.145. The molecule has 9 heteroatoms. The number of aromatic carboxylic acids is 1. The Morgan fingerprint density at radius 3 is 2.62 bits per heavy atom. The molecule has 0 fully saturated rings. The van der Waals surface area contributed by atoms with Gasteiger partial charge in [-0.2, -0.15) is 0 Å². The zero-order valence-corrected chi connectivity index (χ0v) is 13.4. The maximum absolute atomic E-state index is 12.2. The monoisotopic (exact) mass is 390 g/mol. The second-order valence-electron chi connectivity index (χ2n) is 3.89. The molecule has 0 radical (unpaired) electrons. The van der Waals surface area contributed by atoms with Gasteiger partial charge in [-0.25, -0.2) is 18.2 Å². The number of benzene rings is 1. The average molecular weight is 392 g/mol. The maximum Gasteiger partial charge on any atom is 0.337 e. The van der Waals surface area contributed by atoms with E-state index < -0.39 is 16.0 Å².